The summed E-state index contributed by atoms with van der Waals surface area (Å²) >= 11 is 0. The predicted molar refractivity (Wildman–Crippen MR) is 174 cm³/mol. The van der Waals surface area contributed by atoms with Crippen LogP contribution in [0, 0.1) is 44.8 Å². The first kappa shape index (κ1) is 34.9. The van der Waals surface area contributed by atoms with E-state index in [9.17, 15) is 30.3 Å². The molecule has 17 atom stereocenters. The van der Waals surface area contributed by atoms with Crippen molar-refractivity contribution in [3.63, 3.8) is 0 Å². The van der Waals surface area contributed by atoms with Gasteiger partial charge in [-0.1, -0.05) is 46.3 Å². The Kier molecular flexibility index (Phi) is 7.48. The normalized spacial score (nSPS) is 56.8. The van der Waals surface area contributed by atoms with Crippen molar-refractivity contribution in [2.45, 2.75) is 167 Å². The molecule has 8 rings (SSSR count). The van der Waals surface area contributed by atoms with Crippen molar-refractivity contribution in [1.29, 1.82) is 0 Å². The average molecular weight is 691 g/mol. The lowest BCUT2D eigenvalue weighted by atomic mass is 9.44. The van der Waals surface area contributed by atoms with Crippen LogP contribution in [0.2, 0.25) is 0 Å². The summed E-state index contributed by atoms with van der Waals surface area (Å²) in [6.07, 6.45) is 0.315. The SMILES string of the molecule is CC(=O)OC(C)(C)C1OC23OC1C[C@@H](C)[C@@H]2[C@@]1(C)CC[C@@]24C[C@@]25CCC(O[C@@H]2O[C@H](CO)[C@@H](O)[C@H](O)[C@H]2O)C(C)(C)[C@@H]5CC=C4[C@]1(C)C3O. The second-order valence-electron chi connectivity index (χ2n) is 18.8. The van der Waals surface area contributed by atoms with Crippen LogP contribution in [-0.4, -0.2) is 105 Å². The molecule has 3 aliphatic heterocycles. The van der Waals surface area contributed by atoms with Crippen molar-refractivity contribution >= 4 is 5.97 Å². The van der Waals surface area contributed by atoms with Gasteiger partial charge >= 0.3 is 5.97 Å². The van der Waals surface area contributed by atoms with Gasteiger partial charge in [-0.05, 0) is 92.3 Å². The molecule has 5 aliphatic carbocycles. The molecule has 11 nitrogen and oxygen atoms in total. The Morgan fingerprint density at radius 2 is 1.73 bits per heavy atom. The van der Waals surface area contributed by atoms with Crippen LogP contribution >= 0.6 is 0 Å². The summed E-state index contributed by atoms with van der Waals surface area (Å²) in [5, 5.41) is 54.0. The molecule has 2 bridgehead atoms. The number of carbonyl (C=O) groups is 1. The molecule has 3 spiro atoms. The lowest BCUT2D eigenvalue weighted by Crippen LogP contribution is -2.61. The summed E-state index contributed by atoms with van der Waals surface area (Å²) in [5.41, 5.74) is -0.699. The van der Waals surface area contributed by atoms with Gasteiger partial charge in [-0.2, -0.15) is 0 Å². The number of hydrogen-bond acceptors (Lipinski definition) is 11. The molecular formula is C38H58O11. The second kappa shape index (κ2) is 10.5. The van der Waals surface area contributed by atoms with Crippen molar-refractivity contribution in [2.24, 2.45) is 44.8 Å². The Morgan fingerprint density at radius 3 is 2.41 bits per heavy atom. The van der Waals surface area contributed by atoms with Crippen LogP contribution in [0.1, 0.15) is 100 Å². The number of fused-ring (bicyclic) bond motifs is 4. The highest BCUT2D eigenvalue weighted by Crippen LogP contribution is 2.89. The van der Waals surface area contributed by atoms with Gasteiger partial charge in [0, 0.05) is 18.3 Å². The molecule has 8 aliphatic rings. The highest BCUT2D eigenvalue weighted by molar-refractivity contribution is 5.66. The number of esters is 1. The van der Waals surface area contributed by atoms with Gasteiger partial charge in [0.05, 0.1) is 18.8 Å². The number of rotatable bonds is 5. The monoisotopic (exact) mass is 690 g/mol. The first-order valence-electron chi connectivity index (χ1n) is 18.7. The summed E-state index contributed by atoms with van der Waals surface area (Å²) in [6.45, 7) is 16.0. The predicted octanol–water partition coefficient (Wildman–Crippen LogP) is 2.97. The molecule has 5 unspecified atom stereocenters. The maximum atomic E-state index is 12.8. The van der Waals surface area contributed by atoms with Gasteiger partial charge in [0.25, 0.3) is 0 Å². The first-order valence-corrected chi connectivity index (χ1v) is 18.7. The molecule has 11 heteroatoms. The van der Waals surface area contributed by atoms with Crippen LogP contribution in [0.5, 0.6) is 0 Å². The molecule has 3 saturated heterocycles. The van der Waals surface area contributed by atoms with E-state index in [1.54, 1.807) is 0 Å². The standard InChI is InChI=1S/C38H58O11/c1-18-15-20-29(33(5,6)47-19(2)40)49-38(48-20)28(18)34(7)13-14-37-17-36(37)12-11-24(46-30-27(43)26(42)25(41)21(16-39)45-30)32(3,4)22(36)9-10-23(37)35(34,8)31(38)44/h10,18,20-22,24-31,39,41-44H,9,11-17H2,1-8H3/t18-,20?,21-,22+,24?,25-,26+,27-,28-,29?,30+,31?,34-,35-,36-,37+,38?/m1/s1. The van der Waals surface area contributed by atoms with E-state index in [1.807, 2.05) is 13.8 Å². The quantitative estimate of drug-likeness (QED) is 0.213. The zero-order chi connectivity index (χ0) is 35.5. The smallest absolute Gasteiger partial charge is 0.303 e. The molecule has 49 heavy (non-hydrogen) atoms. The first-order chi connectivity index (χ1) is 22.8. The van der Waals surface area contributed by atoms with E-state index < -0.39 is 66.3 Å². The van der Waals surface area contributed by atoms with Crippen LogP contribution in [0.3, 0.4) is 0 Å². The Labute approximate surface area is 289 Å². The zero-order valence-electron chi connectivity index (χ0n) is 30.3. The molecule has 0 radical (unpaired) electrons. The molecule has 0 aromatic rings. The van der Waals surface area contributed by atoms with E-state index in [2.05, 4.69) is 40.7 Å². The van der Waals surface area contributed by atoms with Gasteiger partial charge in [0.15, 0.2) is 12.1 Å². The largest absolute Gasteiger partial charge is 0.457 e. The summed E-state index contributed by atoms with van der Waals surface area (Å²) in [4.78, 5) is 12.1. The van der Waals surface area contributed by atoms with E-state index in [4.69, 9.17) is 23.7 Å². The van der Waals surface area contributed by atoms with Crippen LogP contribution in [-0.2, 0) is 28.5 Å². The maximum absolute atomic E-state index is 12.8. The molecule has 0 amide bonds. The van der Waals surface area contributed by atoms with Gasteiger partial charge < -0.3 is 49.2 Å². The minimum atomic E-state index is -1.48. The van der Waals surface area contributed by atoms with Gasteiger partial charge in [-0.25, -0.2) is 0 Å². The fraction of sp³-hybridized carbons (Fsp3) is 0.921. The number of aliphatic hydroxyl groups is 5. The summed E-state index contributed by atoms with van der Waals surface area (Å²) in [7, 11) is 0. The molecule has 3 heterocycles. The third kappa shape index (κ3) is 4.09. The molecule has 5 N–H and O–H groups in total. The lowest BCUT2D eigenvalue weighted by Gasteiger charge is -2.60. The minimum absolute atomic E-state index is 0.0286. The van der Waals surface area contributed by atoms with E-state index in [0.29, 0.717) is 0 Å². The number of allylic oxidation sites excluding steroid dienone is 1. The molecule has 7 fully saturated rings. The number of ether oxygens (including phenoxy) is 5. The average Bonchev–Trinajstić information content (AvgIpc) is 3.53. The van der Waals surface area contributed by atoms with Gasteiger partial charge in [0.1, 0.15) is 42.2 Å². The molecule has 4 saturated carbocycles. The topological polar surface area (TPSA) is 164 Å². The van der Waals surface area contributed by atoms with Crippen molar-refractivity contribution in [3.8, 4) is 0 Å². The highest BCUT2D eigenvalue weighted by Gasteiger charge is 2.86. The summed E-state index contributed by atoms with van der Waals surface area (Å²) in [5.74, 6) is -1.05. The van der Waals surface area contributed by atoms with Crippen LogP contribution in [0.4, 0.5) is 0 Å². The van der Waals surface area contributed by atoms with Crippen molar-refractivity contribution in [3.05, 3.63) is 11.6 Å². The van der Waals surface area contributed by atoms with Gasteiger partial charge in [-0.15, -0.1) is 0 Å². The minimum Gasteiger partial charge on any atom is -0.457 e. The van der Waals surface area contributed by atoms with E-state index >= 15 is 0 Å². The number of hydrogen-bond donors (Lipinski definition) is 5. The fourth-order valence-electron chi connectivity index (χ4n) is 13.8. The Hall–Kier alpha value is -1.15. The molecule has 0 aromatic heterocycles. The van der Waals surface area contributed by atoms with E-state index in [-0.39, 0.29) is 57.6 Å². The molecule has 0 aromatic carbocycles. The van der Waals surface area contributed by atoms with Crippen LogP contribution < -0.4 is 0 Å². The van der Waals surface area contributed by atoms with Crippen LogP contribution in [0.15, 0.2) is 11.6 Å². The maximum Gasteiger partial charge on any atom is 0.303 e. The van der Waals surface area contributed by atoms with E-state index in [1.165, 1.54) is 12.5 Å². The lowest BCUT2D eigenvalue weighted by molar-refractivity contribution is -0.325. The fourth-order valence-corrected chi connectivity index (χ4v) is 13.8. The number of aliphatic hydroxyl groups excluding tert-OH is 5. The Bertz CT molecular complexity index is 1430. The van der Waals surface area contributed by atoms with Crippen molar-refractivity contribution in [2.75, 3.05) is 6.61 Å². The summed E-state index contributed by atoms with van der Waals surface area (Å²) in [6, 6.07) is 0. The number of carbonyl (C=O) groups excluding carboxylic acids is 1. The Balaban J connectivity index is 1.11. The van der Waals surface area contributed by atoms with Gasteiger partial charge in [0.2, 0.25) is 0 Å². The van der Waals surface area contributed by atoms with Crippen molar-refractivity contribution < 1.29 is 54.0 Å². The van der Waals surface area contributed by atoms with Gasteiger partial charge in [-0.3, -0.25) is 4.79 Å². The summed E-state index contributed by atoms with van der Waals surface area (Å²) < 4.78 is 31.9. The highest BCUT2D eigenvalue weighted by atomic mass is 16.8. The van der Waals surface area contributed by atoms with Crippen molar-refractivity contribution in [1.82, 2.24) is 0 Å². The third-order valence-electron chi connectivity index (χ3n) is 16.0. The van der Waals surface area contributed by atoms with E-state index in [0.717, 1.165) is 44.9 Å². The second-order valence-corrected chi connectivity index (χ2v) is 18.8. The van der Waals surface area contributed by atoms with Crippen LogP contribution in [0.25, 0.3) is 0 Å². The molecule has 276 valence electrons. The molecular weight excluding hydrogens is 632 g/mol. The Morgan fingerprint density at radius 1 is 1.02 bits per heavy atom. The zero-order valence-corrected chi connectivity index (χ0v) is 30.3. The third-order valence-corrected chi connectivity index (χ3v) is 16.0.